The van der Waals surface area contributed by atoms with Crippen LogP contribution in [-0.4, -0.2) is 27.0 Å². The number of nitrogens with zero attached hydrogens (tertiary/aromatic N) is 2. The summed E-state index contributed by atoms with van der Waals surface area (Å²) < 4.78 is 8.11. The lowest BCUT2D eigenvalue weighted by Crippen LogP contribution is -2.10. The van der Waals surface area contributed by atoms with E-state index in [1.54, 1.807) is 6.07 Å². The lowest BCUT2D eigenvalue weighted by molar-refractivity contribution is -0.121. The Morgan fingerprint density at radius 1 is 1.10 bits per heavy atom. The number of ketones is 1. The van der Waals surface area contributed by atoms with E-state index in [0.717, 1.165) is 36.5 Å². The molecule has 3 aromatic rings. The van der Waals surface area contributed by atoms with Gasteiger partial charge in [0.1, 0.15) is 23.1 Å². The number of aromatic nitrogens is 2. The quantitative estimate of drug-likeness (QED) is 0.440. The van der Waals surface area contributed by atoms with Gasteiger partial charge in [-0.3, -0.25) is 4.79 Å². The highest BCUT2D eigenvalue weighted by Gasteiger charge is 2.15. The summed E-state index contributed by atoms with van der Waals surface area (Å²) in [5.41, 5.74) is 3.48. The Labute approximate surface area is 184 Å². The smallest absolute Gasteiger partial charge is 0.140 e. The summed E-state index contributed by atoms with van der Waals surface area (Å²) in [5.74, 6) is 1.89. The fourth-order valence-corrected chi connectivity index (χ4v) is 3.53. The summed E-state index contributed by atoms with van der Waals surface area (Å²) in [5, 5.41) is 10.5. The summed E-state index contributed by atoms with van der Waals surface area (Å²) in [6.07, 6.45) is 4.18. The molecule has 0 aliphatic rings. The minimum absolute atomic E-state index is 0.0441. The first-order valence-corrected chi connectivity index (χ1v) is 10.9. The van der Waals surface area contributed by atoms with Crippen LogP contribution in [-0.2, 0) is 17.8 Å². The fourth-order valence-electron chi connectivity index (χ4n) is 3.53. The van der Waals surface area contributed by atoms with Crippen molar-refractivity contribution in [3.05, 3.63) is 65.5 Å². The topological polar surface area (TPSA) is 64.3 Å². The van der Waals surface area contributed by atoms with Crippen LogP contribution in [0.15, 0.2) is 48.7 Å². The SMILES string of the molecule is Cc1cn(CCCCOc2ccc(CC(=O)C(C)C)c(O)c2C)c(-c2ccccc2)n1. The van der Waals surface area contributed by atoms with Gasteiger partial charge < -0.3 is 14.4 Å². The number of rotatable bonds is 10. The van der Waals surface area contributed by atoms with Gasteiger partial charge in [0.05, 0.1) is 12.3 Å². The molecule has 0 bridgehead atoms. The van der Waals surface area contributed by atoms with Crippen LogP contribution in [0, 0.1) is 19.8 Å². The Bertz CT molecular complexity index is 1020. The molecule has 1 aromatic heterocycles. The number of aromatic hydroxyl groups is 1. The van der Waals surface area contributed by atoms with E-state index in [9.17, 15) is 9.90 Å². The van der Waals surface area contributed by atoms with Gasteiger partial charge in [0.15, 0.2) is 0 Å². The molecule has 0 saturated heterocycles. The lowest BCUT2D eigenvalue weighted by Gasteiger charge is -2.14. The number of imidazole rings is 1. The van der Waals surface area contributed by atoms with Gasteiger partial charge in [-0.25, -0.2) is 4.98 Å². The number of phenolic OH excluding ortho intramolecular Hbond substituents is 1. The van der Waals surface area contributed by atoms with Crippen LogP contribution in [0.2, 0.25) is 0 Å². The number of unbranched alkanes of at least 4 members (excludes halogenated alkanes) is 1. The van der Waals surface area contributed by atoms with Crippen LogP contribution in [0.1, 0.15) is 43.5 Å². The lowest BCUT2D eigenvalue weighted by atomic mass is 9.98. The average molecular weight is 421 g/mol. The van der Waals surface area contributed by atoms with Crippen LogP contribution in [0.3, 0.4) is 0 Å². The second kappa shape index (κ2) is 10.3. The van der Waals surface area contributed by atoms with Crippen molar-refractivity contribution in [3.8, 4) is 22.9 Å². The van der Waals surface area contributed by atoms with Gasteiger partial charge in [0.2, 0.25) is 0 Å². The molecule has 0 unspecified atom stereocenters. The molecule has 164 valence electrons. The van der Waals surface area contributed by atoms with Crippen molar-refractivity contribution >= 4 is 5.78 Å². The number of benzene rings is 2. The standard InChI is InChI=1S/C26H32N2O3/c1-18(2)23(29)16-22-12-13-24(20(4)25(22)30)31-15-9-8-14-28-17-19(3)27-26(28)21-10-6-5-7-11-21/h5-7,10-13,17-18,30H,8-9,14-16H2,1-4H3. The molecule has 0 radical (unpaired) electrons. The van der Waals surface area contributed by atoms with E-state index in [-0.39, 0.29) is 23.9 Å². The highest BCUT2D eigenvalue weighted by molar-refractivity contribution is 5.83. The first-order valence-electron chi connectivity index (χ1n) is 10.9. The van der Waals surface area contributed by atoms with Crippen LogP contribution in [0.25, 0.3) is 11.4 Å². The highest BCUT2D eigenvalue weighted by Crippen LogP contribution is 2.31. The number of ether oxygens (including phenoxy) is 1. The van der Waals surface area contributed by atoms with Crippen molar-refractivity contribution < 1.29 is 14.6 Å². The van der Waals surface area contributed by atoms with Crippen LogP contribution in [0.5, 0.6) is 11.5 Å². The largest absolute Gasteiger partial charge is 0.507 e. The number of Topliss-reactive ketones (excluding diaryl/α,β-unsaturated/α-hetero) is 1. The molecule has 31 heavy (non-hydrogen) atoms. The molecule has 5 heteroatoms. The molecule has 2 aromatic carbocycles. The number of aryl methyl sites for hydroxylation is 2. The average Bonchev–Trinajstić information content (AvgIpc) is 3.13. The van der Waals surface area contributed by atoms with E-state index in [2.05, 4.69) is 27.9 Å². The Balaban J connectivity index is 1.53. The zero-order valence-corrected chi connectivity index (χ0v) is 18.9. The van der Waals surface area contributed by atoms with Gasteiger partial charge in [-0.05, 0) is 32.8 Å². The van der Waals surface area contributed by atoms with Crippen LogP contribution < -0.4 is 4.74 Å². The normalized spacial score (nSPS) is 11.1. The predicted molar refractivity (Wildman–Crippen MR) is 124 cm³/mol. The summed E-state index contributed by atoms with van der Waals surface area (Å²) in [7, 11) is 0. The zero-order chi connectivity index (χ0) is 22.4. The van der Waals surface area contributed by atoms with E-state index in [1.165, 1.54) is 0 Å². The molecule has 3 rings (SSSR count). The van der Waals surface area contributed by atoms with Crippen molar-refractivity contribution in [1.29, 1.82) is 0 Å². The molecular formula is C26H32N2O3. The molecule has 0 amide bonds. The molecule has 1 heterocycles. The third-order valence-corrected chi connectivity index (χ3v) is 5.45. The van der Waals surface area contributed by atoms with E-state index in [4.69, 9.17) is 4.74 Å². The van der Waals surface area contributed by atoms with Crippen LogP contribution >= 0.6 is 0 Å². The fraction of sp³-hybridized carbons (Fsp3) is 0.385. The van der Waals surface area contributed by atoms with E-state index in [0.29, 0.717) is 23.5 Å². The van der Waals surface area contributed by atoms with Crippen molar-refractivity contribution in [2.75, 3.05) is 6.61 Å². The number of carbonyl (C=O) groups is 1. The number of hydrogen-bond acceptors (Lipinski definition) is 4. The minimum Gasteiger partial charge on any atom is -0.507 e. The van der Waals surface area contributed by atoms with Gasteiger partial charge in [-0.1, -0.05) is 50.2 Å². The molecule has 0 fully saturated rings. The summed E-state index contributed by atoms with van der Waals surface area (Å²) >= 11 is 0. The number of hydrogen-bond donors (Lipinski definition) is 1. The highest BCUT2D eigenvalue weighted by atomic mass is 16.5. The van der Waals surface area contributed by atoms with Crippen molar-refractivity contribution in [2.45, 2.75) is 53.5 Å². The Kier molecular flexibility index (Phi) is 7.50. The van der Waals surface area contributed by atoms with Gasteiger partial charge in [0, 0.05) is 41.8 Å². The molecule has 0 spiro atoms. The van der Waals surface area contributed by atoms with Crippen LogP contribution in [0.4, 0.5) is 0 Å². The van der Waals surface area contributed by atoms with Gasteiger partial charge in [0.25, 0.3) is 0 Å². The molecule has 0 saturated carbocycles. The number of carbonyl (C=O) groups excluding carboxylic acids is 1. The monoisotopic (exact) mass is 420 g/mol. The Morgan fingerprint density at radius 2 is 1.84 bits per heavy atom. The summed E-state index contributed by atoms with van der Waals surface area (Å²) in [4.78, 5) is 16.7. The molecule has 0 aliphatic carbocycles. The van der Waals surface area contributed by atoms with E-state index >= 15 is 0 Å². The molecule has 0 aliphatic heterocycles. The first-order chi connectivity index (χ1) is 14.9. The maximum Gasteiger partial charge on any atom is 0.140 e. The molecule has 1 N–H and O–H groups in total. The maximum atomic E-state index is 12.0. The number of phenols is 1. The van der Waals surface area contributed by atoms with Gasteiger partial charge in [-0.2, -0.15) is 0 Å². The molecule has 0 atom stereocenters. The molecule has 5 nitrogen and oxygen atoms in total. The second-order valence-corrected chi connectivity index (χ2v) is 8.32. The predicted octanol–water partition coefficient (Wildman–Crippen LogP) is 5.50. The van der Waals surface area contributed by atoms with E-state index < -0.39 is 0 Å². The minimum atomic E-state index is -0.0441. The zero-order valence-electron chi connectivity index (χ0n) is 18.9. The molecular weight excluding hydrogens is 388 g/mol. The van der Waals surface area contributed by atoms with Gasteiger partial charge in [-0.15, -0.1) is 0 Å². The second-order valence-electron chi connectivity index (χ2n) is 8.32. The summed E-state index contributed by atoms with van der Waals surface area (Å²) in [6, 6.07) is 13.9. The third-order valence-electron chi connectivity index (χ3n) is 5.45. The van der Waals surface area contributed by atoms with Crippen molar-refractivity contribution in [1.82, 2.24) is 9.55 Å². The Hall–Kier alpha value is -3.08. The first kappa shape index (κ1) is 22.6. The van der Waals surface area contributed by atoms with Gasteiger partial charge >= 0.3 is 0 Å². The third kappa shape index (κ3) is 5.75. The summed E-state index contributed by atoms with van der Waals surface area (Å²) in [6.45, 7) is 9.02. The van der Waals surface area contributed by atoms with Crippen molar-refractivity contribution in [2.24, 2.45) is 5.92 Å². The van der Waals surface area contributed by atoms with E-state index in [1.807, 2.05) is 52.0 Å². The van der Waals surface area contributed by atoms with Crippen molar-refractivity contribution in [3.63, 3.8) is 0 Å². The maximum absolute atomic E-state index is 12.0. The Morgan fingerprint density at radius 3 is 2.55 bits per heavy atom.